The van der Waals surface area contributed by atoms with Gasteiger partial charge in [-0.1, -0.05) is 0 Å². The lowest BCUT2D eigenvalue weighted by Crippen LogP contribution is -2.07. The second-order valence-electron chi connectivity index (χ2n) is 3.03. The molecule has 0 saturated heterocycles. The molecule has 0 aliphatic carbocycles. The van der Waals surface area contributed by atoms with Crippen molar-refractivity contribution in [2.24, 2.45) is 0 Å². The molecule has 82 valence electrons. The van der Waals surface area contributed by atoms with Crippen molar-refractivity contribution in [3.63, 3.8) is 0 Å². The van der Waals surface area contributed by atoms with Crippen molar-refractivity contribution in [1.29, 1.82) is 0 Å². The number of nitrogens with one attached hydrogen (secondary N) is 2. The number of anilines is 1. The summed E-state index contributed by atoms with van der Waals surface area (Å²) in [5.41, 5.74) is 0.686. The summed E-state index contributed by atoms with van der Waals surface area (Å²) in [5, 5.41) is 8.95. The molecule has 7 heteroatoms. The maximum Gasteiger partial charge on any atom is 0.284 e. The first-order valence-corrected chi connectivity index (χ1v) is 4.85. The van der Waals surface area contributed by atoms with Crippen LogP contribution in [0.25, 0.3) is 11.5 Å². The molecule has 0 fully saturated rings. The molecule has 0 radical (unpaired) electrons. The zero-order chi connectivity index (χ0) is 11.5. The van der Waals surface area contributed by atoms with Gasteiger partial charge in [0.05, 0.1) is 0 Å². The van der Waals surface area contributed by atoms with Crippen LogP contribution in [0.5, 0.6) is 0 Å². The van der Waals surface area contributed by atoms with Crippen LogP contribution in [0.1, 0.15) is 6.92 Å². The minimum Gasteiger partial charge on any atom is -0.409 e. The third-order valence-electron chi connectivity index (χ3n) is 1.75. The first-order chi connectivity index (χ1) is 7.65. The van der Waals surface area contributed by atoms with E-state index in [-0.39, 0.29) is 10.7 Å². The predicted octanol–water partition coefficient (Wildman–Crippen LogP) is 1.75. The van der Waals surface area contributed by atoms with Gasteiger partial charge in [0.15, 0.2) is 0 Å². The maximum atomic E-state index is 10.9. The van der Waals surface area contributed by atoms with E-state index in [0.29, 0.717) is 17.3 Å². The van der Waals surface area contributed by atoms with Crippen LogP contribution in [-0.4, -0.2) is 21.1 Å². The fourth-order valence-corrected chi connectivity index (χ4v) is 1.29. The third-order valence-corrected chi connectivity index (χ3v) is 1.92. The van der Waals surface area contributed by atoms with Gasteiger partial charge in [0.25, 0.3) is 4.84 Å². The van der Waals surface area contributed by atoms with E-state index in [1.165, 1.54) is 6.92 Å². The van der Waals surface area contributed by atoms with E-state index in [4.69, 9.17) is 16.6 Å². The van der Waals surface area contributed by atoms with Gasteiger partial charge >= 0.3 is 0 Å². The highest BCUT2D eigenvalue weighted by molar-refractivity contribution is 7.71. The van der Waals surface area contributed by atoms with Crippen LogP contribution in [-0.2, 0) is 4.79 Å². The van der Waals surface area contributed by atoms with Crippen LogP contribution >= 0.6 is 12.2 Å². The largest absolute Gasteiger partial charge is 0.409 e. The van der Waals surface area contributed by atoms with Crippen molar-refractivity contribution in [3.8, 4) is 11.5 Å². The Bertz CT molecular complexity index is 575. The molecule has 0 spiro atoms. The maximum absolute atomic E-state index is 10.9. The molecule has 0 unspecified atom stereocenters. The Morgan fingerprint density at radius 1 is 1.62 bits per heavy atom. The van der Waals surface area contributed by atoms with Gasteiger partial charge in [-0.15, -0.1) is 5.10 Å². The fraction of sp³-hybridized carbons (Fsp3) is 0.111. The van der Waals surface area contributed by atoms with Gasteiger partial charge in [-0.25, -0.2) is 10.1 Å². The second-order valence-corrected chi connectivity index (χ2v) is 3.40. The summed E-state index contributed by atoms with van der Waals surface area (Å²) in [6, 6.07) is 3.36. The zero-order valence-corrected chi connectivity index (χ0v) is 9.17. The van der Waals surface area contributed by atoms with Gasteiger partial charge in [-0.05, 0) is 24.4 Å². The van der Waals surface area contributed by atoms with Crippen molar-refractivity contribution in [1.82, 2.24) is 15.2 Å². The van der Waals surface area contributed by atoms with E-state index in [2.05, 4.69) is 20.5 Å². The Labute approximate surface area is 95.7 Å². The Morgan fingerprint density at radius 2 is 2.44 bits per heavy atom. The number of rotatable bonds is 2. The van der Waals surface area contributed by atoms with E-state index in [9.17, 15) is 4.79 Å². The zero-order valence-electron chi connectivity index (χ0n) is 8.35. The molecule has 0 atom stereocenters. The van der Waals surface area contributed by atoms with Crippen LogP contribution < -0.4 is 5.32 Å². The average molecular weight is 236 g/mol. The number of H-pyrrole nitrogens is 1. The molecule has 0 bridgehead atoms. The summed E-state index contributed by atoms with van der Waals surface area (Å²) in [4.78, 5) is 15.0. The quantitative estimate of drug-likeness (QED) is 0.776. The van der Waals surface area contributed by atoms with Gasteiger partial charge in [-0.2, -0.15) is 0 Å². The Balaban J connectivity index is 2.35. The number of amides is 1. The highest BCUT2D eigenvalue weighted by atomic mass is 32.1. The molecule has 2 aromatic rings. The molecule has 0 saturated carbocycles. The molecule has 0 aliphatic heterocycles. The number of aromatic nitrogens is 3. The topological polar surface area (TPSA) is 83.8 Å². The molecule has 2 aromatic heterocycles. The van der Waals surface area contributed by atoms with Gasteiger partial charge in [-0.3, -0.25) is 4.79 Å². The van der Waals surface area contributed by atoms with Crippen LogP contribution in [0.2, 0.25) is 0 Å². The highest BCUT2D eigenvalue weighted by Gasteiger charge is 2.05. The second kappa shape index (κ2) is 4.23. The average Bonchev–Trinajstić information content (AvgIpc) is 2.64. The van der Waals surface area contributed by atoms with Crippen molar-refractivity contribution >= 4 is 23.9 Å². The molecule has 0 aliphatic rings. The number of pyridine rings is 1. The molecule has 1 amide bonds. The number of hydrogen-bond acceptors (Lipinski definition) is 5. The number of hydrogen-bond donors (Lipinski definition) is 2. The Kier molecular flexibility index (Phi) is 2.78. The first kappa shape index (κ1) is 10.5. The van der Waals surface area contributed by atoms with Crippen molar-refractivity contribution in [2.75, 3.05) is 5.32 Å². The van der Waals surface area contributed by atoms with Gasteiger partial charge in [0.2, 0.25) is 11.8 Å². The van der Waals surface area contributed by atoms with E-state index >= 15 is 0 Å². The summed E-state index contributed by atoms with van der Waals surface area (Å²) in [5.74, 6) is 0.612. The SMILES string of the molecule is CC(=O)Nc1cc(-c2n[nH]c(=S)o2)ccn1. The van der Waals surface area contributed by atoms with Crippen LogP contribution in [0, 0.1) is 4.84 Å². The van der Waals surface area contributed by atoms with Crippen molar-refractivity contribution in [2.45, 2.75) is 6.92 Å². The lowest BCUT2D eigenvalue weighted by Gasteiger charge is -2.01. The smallest absolute Gasteiger partial charge is 0.284 e. The summed E-state index contributed by atoms with van der Waals surface area (Å²) in [6.07, 6.45) is 1.55. The molecule has 16 heavy (non-hydrogen) atoms. The van der Waals surface area contributed by atoms with Gasteiger partial charge < -0.3 is 9.73 Å². The van der Waals surface area contributed by atoms with E-state index in [1.807, 2.05) is 0 Å². The van der Waals surface area contributed by atoms with Crippen LogP contribution in [0.4, 0.5) is 5.82 Å². The summed E-state index contributed by atoms with van der Waals surface area (Å²) >= 11 is 4.77. The lowest BCUT2D eigenvalue weighted by molar-refractivity contribution is -0.114. The van der Waals surface area contributed by atoms with E-state index in [1.54, 1.807) is 18.3 Å². The van der Waals surface area contributed by atoms with Crippen LogP contribution in [0.15, 0.2) is 22.7 Å². The third kappa shape index (κ3) is 2.31. The summed E-state index contributed by atoms with van der Waals surface area (Å²) < 4.78 is 5.14. The molecule has 2 heterocycles. The molecule has 2 rings (SSSR count). The van der Waals surface area contributed by atoms with Crippen molar-refractivity contribution in [3.05, 3.63) is 23.2 Å². The standard InChI is InChI=1S/C9H8N4O2S/c1-5(14)11-7-4-6(2-3-10-7)8-12-13-9(16)15-8/h2-4H,1H3,(H,13,16)(H,10,11,14). The van der Waals surface area contributed by atoms with E-state index < -0.39 is 0 Å². The number of carbonyl (C=O) groups excluding carboxylic acids is 1. The molecular weight excluding hydrogens is 228 g/mol. The first-order valence-electron chi connectivity index (χ1n) is 4.44. The number of aromatic amines is 1. The summed E-state index contributed by atoms with van der Waals surface area (Å²) in [7, 11) is 0. The molecule has 6 nitrogen and oxygen atoms in total. The van der Waals surface area contributed by atoms with Gasteiger partial charge in [0, 0.05) is 18.7 Å². The molecule has 0 aromatic carbocycles. The Morgan fingerprint density at radius 3 is 3.06 bits per heavy atom. The van der Waals surface area contributed by atoms with Crippen molar-refractivity contribution < 1.29 is 9.21 Å². The summed E-state index contributed by atoms with van der Waals surface area (Å²) in [6.45, 7) is 1.41. The monoisotopic (exact) mass is 236 g/mol. The predicted molar refractivity (Wildman–Crippen MR) is 59.2 cm³/mol. The highest BCUT2D eigenvalue weighted by Crippen LogP contribution is 2.18. The molecule has 2 N–H and O–H groups in total. The minimum atomic E-state index is -0.187. The molecular formula is C9H8N4O2S. The lowest BCUT2D eigenvalue weighted by atomic mass is 10.2. The number of nitrogens with zero attached hydrogens (tertiary/aromatic N) is 2. The van der Waals surface area contributed by atoms with E-state index in [0.717, 1.165) is 0 Å². The van der Waals surface area contributed by atoms with Crippen LogP contribution in [0.3, 0.4) is 0 Å². The number of carbonyl (C=O) groups is 1. The normalized spacial score (nSPS) is 10.1. The Hall–Kier alpha value is -2.02. The minimum absolute atomic E-state index is 0.187. The fourth-order valence-electron chi connectivity index (χ4n) is 1.17. The van der Waals surface area contributed by atoms with Gasteiger partial charge in [0.1, 0.15) is 5.82 Å².